The molecule has 5 aromatic rings. The van der Waals surface area contributed by atoms with Crippen molar-refractivity contribution in [3.63, 3.8) is 0 Å². The van der Waals surface area contributed by atoms with Crippen LogP contribution in [0, 0.1) is 5.92 Å². The van der Waals surface area contributed by atoms with Crippen molar-refractivity contribution in [1.29, 1.82) is 0 Å². The number of aromatic nitrogens is 4. The van der Waals surface area contributed by atoms with Gasteiger partial charge in [-0.25, -0.2) is 14.8 Å². The Balaban J connectivity index is 0.992. The number of amides is 3. The number of carbonyl (C=O) groups excluding carboxylic acids is 5. The fraction of sp³-hybridized carbons (Fsp3) is 0.419. The highest BCUT2D eigenvalue weighted by molar-refractivity contribution is 7.20. The number of H-pyrrole nitrogens is 1. The van der Waals surface area contributed by atoms with Gasteiger partial charge in [0.05, 0.1) is 67.0 Å². The molecule has 5 heterocycles. The van der Waals surface area contributed by atoms with Gasteiger partial charge in [-0.15, -0.1) is 0 Å². The number of ether oxygens (including phenoxy) is 2. The highest BCUT2D eigenvalue weighted by Gasteiger charge is 2.39. The number of hydrogen-bond acceptors (Lipinski definition) is 10. The monoisotopic (exact) mass is 807 g/mol. The molecule has 2 N–H and O–H groups in total. The maximum Gasteiger partial charge on any atom is 0.407 e. The summed E-state index contributed by atoms with van der Waals surface area (Å²) in [6, 6.07) is 15.8. The maximum absolute atomic E-state index is 13.9. The van der Waals surface area contributed by atoms with E-state index in [-0.39, 0.29) is 49.0 Å². The van der Waals surface area contributed by atoms with Gasteiger partial charge in [0.25, 0.3) is 0 Å². The first-order chi connectivity index (χ1) is 28.0. The van der Waals surface area contributed by atoms with Crippen LogP contribution in [0.2, 0.25) is 0 Å². The van der Waals surface area contributed by atoms with Crippen LogP contribution in [0.1, 0.15) is 81.9 Å². The predicted octanol–water partition coefficient (Wildman–Crippen LogP) is 6.34. The SMILES string of the molecule is CCOC(=O)C[C@@H](C(=O)N1CCC[C@H]1C(=O)Cc1cn2cc(-c3ccc(-c4cnc([C@@H]5CCCN5C(=O)[C@@H](NC(=O)OC)C(C)C)[nH]4)cc3)sc2n1)c1ccccc1. The molecule has 0 unspecified atom stereocenters. The average Bonchev–Trinajstić information content (AvgIpc) is 4.07. The van der Waals surface area contributed by atoms with E-state index in [1.165, 1.54) is 18.4 Å². The average molecular weight is 808 g/mol. The van der Waals surface area contributed by atoms with Crippen LogP contribution in [0.15, 0.2) is 73.2 Å². The van der Waals surface area contributed by atoms with Crippen LogP contribution in [-0.4, -0.2) is 97.7 Å². The van der Waals surface area contributed by atoms with E-state index in [0.717, 1.165) is 45.1 Å². The first-order valence-corrected chi connectivity index (χ1v) is 20.7. The standard InChI is InChI=1S/C43H49N7O7S/c1-5-57-37(52)22-31(27-11-7-6-8-12-27)40(53)49-19-9-13-33(49)35(51)21-30-24-48-25-36(58-42(48)45-30)29-17-15-28(16-18-29)32-23-44-39(46-32)34-14-10-20-50(34)41(54)38(26(2)3)47-43(55)56-4/h6-8,11-12,15-18,23-26,31,33-34,38H,5,9-10,13-14,19-22H2,1-4H3,(H,44,46)(H,47,55)/t31-,33+,34+,38+/m1/s1. The molecule has 0 radical (unpaired) electrons. The number of aromatic amines is 1. The Labute approximate surface area is 340 Å². The third-order valence-electron chi connectivity index (χ3n) is 11.0. The van der Waals surface area contributed by atoms with Gasteiger partial charge in [-0.2, -0.15) is 0 Å². The number of rotatable bonds is 14. The Morgan fingerprint density at radius 2 is 1.66 bits per heavy atom. The topological polar surface area (TPSA) is 168 Å². The first-order valence-electron chi connectivity index (χ1n) is 19.9. The Hall–Kier alpha value is -5.83. The number of ketones is 1. The molecule has 2 aliphatic heterocycles. The Morgan fingerprint density at radius 3 is 2.36 bits per heavy atom. The molecule has 2 aromatic carbocycles. The molecular formula is C43H49N7O7S. The molecule has 7 rings (SSSR count). The van der Waals surface area contributed by atoms with Gasteiger partial charge in [0.1, 0.15) is 11.9 Å². The van der Waals surface area contributed by atoms with Crippen LogP contribution in [0.25, 0.3) is 26.7 Å². The molecule has 3 amide bonds. The summed E-state index contributed by atoms with van der Waals surface area (Å²) in [5.74, 6) is -1.03. The van der Waals surface area contributed by atoms with E-state index in [9.17, 15) is 24.0 Å². The largest absolute Gasteiger partial charge is 0.466 e. The van der Waals surface area contributed by atoms with Crippen LogP contribution < -0.4 is 5.32 Å². The number of imidazole rings is 2. The summed E-state index contributed by atoms with van der Waals surface area (Å²) in [5.41, 5.74) is 4.16. The van der Waals surface area contributed by atoms with Crippen LogP contribution >= 0.6 is 11.3 Å². The number of methoxy groups -OCH3 is 1. The molecule has 3 aromatic heterocycles. The van der Waals surface area contributed by atoms with Gasteiger partial charge in [-0.3, -0.25) is 23.6 Å². The number of hydrogen-bond donors (Lipinski definition) is 2. The molecule has 0 aliphatic carbocycles. The third-order valence-corrected chi connectivity index (χ3v) is 12.0. The normalized spacial score (nSPS) is 17.7. The molecule has 14 nitrogen and oxygen atoms in total. The number of thiazole rings is 1. The molecule has 2 saturated heterocycles. The molecule has 0 saturated carbocycles. The zero-order valence-electron chi connectivity index (χ0n) is 33.2. The van der Waals surface area contributed by atoms with Crippen molar-refractivity contribution in [2.75, 3.05) is 26.8 Å². The molecule has 58 heavy (non-hydrogen) atoms. The van der Waals surface area contributed by atoms with Gasteiger partial charge in [-0.05, 0) is 55.2 Å². The summed E-state index contributed by atoms with van der Waals surface area (Å²) in [4.78, 5) is 83.7. The molecule has 15 heteroatoms. The van der Waals surface area contributed by atoms with E-state index >= 15 is 0 Å². The number of esters is 1. The highest BCUT2D eigenvalue weighted by atomic mass is 32.1. The number of Topliss-reactive ketones (excluding diaryl/α,β-unsaturated/α-hetero) is 1. The van der Waals surface area contributed by atoms with E-state index in [1.807, 2.05) is 85.2 Å². The van der Waals surface area contributed by atoms with Gasteiger partial charge in [0, 0.05) is 25.5 Å². The Bertz CT molecular complexity index is 2230. The number of fused-ring (bicyclic) bond motifs is 1. The minimum atomic E-state index is -0.724. The van der Waals surface area contributed by atoms with Crippen molar-refractivity contribution in [3.8, 4) is 21.7 Å². The van der Waals surface area contributed by atoms with E-state index in [4.69, 9.17) is 14.5 Å². The number of likely N-dealkylation sites (tertiary alicyclic amines) is 2. The summed E-state index contributed by atoms with van der Waals surface area (Å²) < 4.78 is 11.9. The van der Waals surface area contributed by atoms with Gasteiger partial charge in [0.15, 0.2) is 10.7 Å². The second-order valence-electron chi connectivity index (χ2n) is 15.1. The van der Waals surface area contributed by atoms with Crippen molar-refractivity contribution >= 4 is 46.0 Å². The van der Waals surface area contributed by atoms with E-state index in [0.29, 0.717) is 37.4 Å². The summed E-state index contributed by atoms with van der Waals surface area (Å²) in [5, 5.41) is 2.69. The Kier molecular flexibility index (Phi) is 12.4. The molecule has 0 spiro atoms. The molecule has 0 bridgehead atoms. The van der Waals surface area contributed by atoms with Crippen LogP contribution in [0.4, 0.5) is 4.79 Å². The van der Waals surface area contributed by atoms with Gasteiger partial charge in [0.2, 0.25) is 11.8 Å². The van der Waals surface area contributed by atoms with Gasteiger partial charge < -0.3 is 29.6 Å². The van der Waals surface area contributed by atoms with E-state index in [1.54, 1.807) is 22.9 Å². The number of nitrogens with one attached hydrogen (secondary N) is 2. The lowest BCUT2D eigenvalue weighted by atomic mass is 9.93. The summed E-state index contributed by atoms with van der Waals surface area (Å²) in [6.45, 7) is 6.79. The fourth-order valence-corrected chi connectivity index (χ4v) is 8.99. The second kappa shape index (κ2) is 17.8. The summed E-state index contributed by atoms with van der Waals surface area (Å²) >= 11 is 1.52. The lowest BCUT2D eigenvalue weighted by Crippen LogP contribution is -2.51. The van der Waals surface area contributed by atoms with Crippen molar-refractivity contribution in [3.05, 3.63) is 90.3 Å². The summed E-state index contributed by atoms with van der Waals surface area (Å²) in [7, 11) is 1.28. The number of nitrogens with zero attached hydrogens (tertiary/aromatic N) is 5. The van der Waals surface area contributed by atoms with Crippen molar-refractivity contribution in [1.82, 2.24) is 34.5 Å². The Morgan fingerprint density at radius 1 is 0.931 bits per heavy atom. The molecule has 304 valence electrons. The van der Waals surface area contributed by atoms with Crippen LogP contribution in [0.3, 0.4) is 0 Å². The number of benzene rings is 2. The lowest BCUT2D eigenvalue weighted by Gasteiger charge is -2.30. The first kappa shape index (κ1) is 40.4. The highest BCUT2D eigenvalue weighted by Crippen LogP contribution is 2.35. The molecule has 2 aliphatic rings. The summed E-state index contributed by atoms with van der Waals surface area (Å²) in [6.07, 6.45) is 7.92. The smallest absolute Gasteiger partial charge is 0.407 e. The quantitative estimate of drug-likeness (QED) is 0.122. The fourth-order valence-electron chi connectivity index (χ4n) is 8.00. The predicted molar refractivity (Wildman–Crippen MR) is 218 cm³/mol. The van der Waals surface area contributed by atoms with Crippen molar-refractivity contribution < 1.29 is 33.4 Å². The van der Waals surface area contributed by atoms with Gasteiger partial charge in [-0.1, -0.05) is 79.8 Å². The number of alkyl carbamates (subject to hydrolysis) is 1. The van der Waals surface area contributed by atoms with Gasteiger partial charge >= 0.3 is 12.1 Å². The zero-order valence-corrected chi connectivity index (χ0v) is 34.0. The lowest BCUT2D eigenvalue weighted by molar-refractivity contribution is -0.147. The number of carbonyl (C=O) groups is 5. The van der Waals surface area contributed by atoms with E-state index in [2.05, 4.69) is 15.3 Å². The van der Waals surface area contributed by atoms with Crippen molar-refractivity contribution in [2.45, 2.75) is 83.3 Å². The third kappa shape index (κ3) is 8.69. The second-order valence-corrected chi connectivity index (χ2v) is 16.1. The molecule has 2 fully saturated rings. The van der Waals surface area contributed by atoms with E-state index < -0.39 is 30.1 Å². The van der Waals surface area contributed by atoms with Crippen molar-refractivity contribution in [2.24, 2.45) is 5.92 Å². The molecular weight excluding hydrogens is 759 g/mol. The minimum Gasteiger partial charge on any atom is -0.466 e. The van der Waals surface area contributed by atoms with Crippen LogP contribution in [-0.2, 0) is 35.1 Å². The maximum atomic E-state index is 13.9. The zero-order chi connectivity index (χ0) is 40.9. The minimum absolute atomic E-state index is 0.0695. The van der Waals surface area contributed by atoms with Crippen LogP contribution in [0.5, 0.6) is 0 Å². The molecule has 4 atom stereocenters.